The van der Waals surface area contributed by atoms with Crippen molar-refractivity contribution in [2.75, 3.05) is 7.11 Å². The number of methoxy groups -OCH3 is 1. The molecule has 2 aromatic carbocycles. The summed E-state index contributed by atoms with van der Waals surface area (Å²) >= 11 is 0. The molecule has 1 heterocycles. The zero-order chi connectivity index (χ0) is 14.7. The summed E-state index contributed by atoms with van der Waals surface area (Å²) in [6, 6.07) is 16.9. The number of para-hydroxylation sites is 1. The topological polar surface area (TPSA) is 60.2 Å². The van der Waals surface area contributed by atoms with Crippen LogP contribution in [0.3, 0.4) is 0 Å². The van der Waals surface area contributed by atoms with E-state index >= 15 is 0 Å². The van der Waals surface area contributed by atoms with Crippen LogP contribution in [0.15, 0.2) is 60.9 Å². The standard InChI is InChI=1S/C16H15N3O2/c1-21-11-15(16(20)12-7-3-2-4-8-12)19-14-10-6-5-9-13(14)17-18-19/h2-11,16,20H,1H3. The quantitative estimate of drug-likeness (QED) is 0.747. The highest BCUT2D eigenvalue weighted by molar-refractivity contribution is 5.78. The molecule has 0 amide bonds. The summed E-state index contributed by atoms with van der Waals surface area (Å²) in [7, 11) is 1.54. The van der Waals surface area contributed by atoms with Crippen molar-refractivity contribution in [1.29, 1.82) is 0 Å². The number of hydrogen-bond acceptors (Lipinski definition) is 4. The third kappa shape index (κ3) is 2.51. The first-order chi connectivity index (χ1) is 10.3. The van der Waals surface area contributed by atoms with E-state index in [1.165, 1.54) is 13.4 Å². The average molecular weight is 281 g/mol. The van der Waals surface area contributed by atoms with Gasteiger partial charge in [-0.05, 0) is 17.7 Å². The van der Waals surface area contributed by atoms with Gasteiger partial charge in [0, 0.05) is 0 Å². The molecule has 0 aliphatic rings. The van der Waals surface area contributed by atoms with Gasteiger partial charge in [-0.25, -0.2) is 4.68 Å². The Kier molecular flexibility index (Phi) is 3.66. The van der Waals surface area contributed by atoms with E-state index in [1.54, 1.807) is 4.68 Å². The van der Waals surface area contributed by atoms with E-state index in [0.29, 0.717) is 5.70 Å². The number of hydrogen-bond donors (Lipinski definition) is 1. The van der Waals surface area contributed by atoms with E-state index < -0.39 is 6.10 Å². The van der Waals surface area contributed by atoms with Crippen molar-refractivity contribution in [2.45, 2.75) is 6.10 Å². The van der Waals surface area contributed by atoms with Gasteiger partial charge >= 0.3 is 0 Å². The first kappa shape index (κ1) is 13.3. The summed E-state index contributed by atoms with van der Waals surface area (Å²) in [5.74, 6) is 0. The zero-order valence-corrected chi connectivity index (χ0v) is 11.5. The smallest absolute Gasteiger partial charge is 0.124 e. The molecule has 106 valence electrons. The third-order valence-electron chi connectivity index (χ3n) is 3.23. The van der Waals surface area contributed by atoms with Gasteiger partial charge in [0.05, 0.1) is 12.6 Å². The maximum absolute atomic E-state index is 10.6. The van der Waals surface area contributed by atoms with Crippen LogP contribution in [0, 0.1) is 0 Å². The third-order valence-corrected chi connectivity index (χ3v) is 3.23. The molecule has 21 heavy (non-hydrogen) atoms. The van der Waals surface area contributed by atoms with Crippen LogP contribution in [0.5, 0.6) is 0 Å². The number of benzene rings is 2. The second kappa shape index (κ2) is 5.76. The van der Waals surface area contributed by atoms with Crippen LogP contribution < -0.4 is 0 Å². The highest BCUT2D eigenvalue weighted by Crippen LogP contribution is 2.27. The van der Waals surface area contributed by atoms with Gasteiger partial charge in [0.2, 0.25) is 0 Å². The van der Waals surface area contributed by atoms with E-state index in [0.717, 1.165) is 16.6 Å². The molecule has 0 fully saturated rings. The Morgan fingerprint density at radius 2 is 1.86 bits per heavy atom. The lowest BCUT2D eigenvalue weighted by molar-refractivity contribution is 0.223. The molecule has 0 spiro atoms. The lowest BCUT2D eigenvalue weighted by atomic mass is 10.1. The van der Waals surface area contributed by atoms with Crippen LogP contribution in [0.4, 0.5) is 0 Å². The predicted molar refractivity (Wildman–Crippen MR) is 80.2 cm³/mol. The van der Waals surface area contributed by atoms with Crippen LogP contribution in [0.1, 0.15) is 11.7 Å². The fourth-order valence-corrected chi connectivity index (χ4v) is 2.22. The van der Waals surface area contributed by atoms with Gasteiger partial charge in [-0.1, -0.05) is 47.7 Å². The Bertz CT molecular complexity index is 765. The van der Waals surface area contributed by atoms with Gasteiger partial charge in [-0.3, -0.25) is 0 Å². The maximum atomic E-state index is 10.6. The summed E-state index contributed by atoms with van der Waals surface area (Å²) in [6.45, 7) is 0. The van der Waals surface area contributed by atoms with E-state index in [9.17, 15) is 5.11 Å². The normalized spacial score (nSPS) is 13.3. The molecule has 0 radical (unpaired) electrons. The minimum absolute atomic E-state index is 0.511. The molecule has 0 bridgehead atoms. The molecule has 0 saturated carbocycles. The number of rotatable bonds is 4. The minimum atomic E-state index is -0.851. The Morgan fingerprint density at radius 3 is 2.62 bits per heavy atom. The number of aliphatic hydroxyl groups excluding tert-OH is 1. The van der Waals surface area contributed by atoms with Crippen LogP contribution in [0.2, 0.25) is 0 Å². The van der Waals surface area contributed by atoms with Crippen molar-refractivity contribution in [1.82, 2.24) is 15.0 Å². The molecule has 0 aliphatic heterocycles. The van der Waals surface area contributed by atoms with Gasteiger partial charge in [-0.2, -0.15) is 0 Å². The predicted octanol–water partition coefficient (Wildman–Crippen LogP) is 2.61. The molecule has 1 atom stereocenters. The van der Waals surface area contributed by atoms with Crippen molar-refractivity contribution < 1.29 is 9.84 Å². The average Bonchev–Trinajstić information content (AvgIpc) is 2.97. The van der Waals surface area contributed by atoms with Crippen LogP contribution in [0.25, 0.3) is 16.7 Å². The number of ether oxygens (including phenoxy) is 1. The van der Waals surface area contributed by atoms with E-state index in [4.69, 9.17) is 4.74 Å². The Morgan fingerprint density at radius 1 is 1.14 bits per heavy atom. The number of aromatic nitrogens is 3. The fraction of sp³-hybridized carbons (Fsp3) is 0.125. The zero-order valence-electron chi connectivity index (χ0n) is 11.5. The second-order valence-electron chi connectivity index (χ2n) is 4.58. The van der Waals surface area contributed by atoms with E-state index in [2.05, 4.69) is 10.3 Å². The van der Waals surface area contributed by atoms with Gasteiger partial charge in [0.15, 0.2) is 0 Å². The molecule has 0 saturated heterocycles. The van der Waals surface area contributed by atoms with Crippen molar-refractivity contribution in [3.63, 3.8) is 0 Å². The van der Waals surface area contributed by atoms with Gasteiger partial charge in [-0.15, -0.1) is 5.10 Å². The summed E-state index contributed by atoms with van der Waals surface area (Å²) in [6.07, 6.45) is 0.634. The maximum Gasteiger partial charge on any atom is 0.124 e. The second-order valence-corrected chi connectivity index (χ2v) is 4.58. The van der Waals surface area contributed by atoms with Crippen molar-refractivity contribution in [3.05, 3.63) is 66.4 Å². The molecule has 1 aromatic heterocycles. The highest BCUT2D eigenvalue weighted by Gasteiger charge is 2.19. The highest BCUT2D eigenvalue weighted by atomic mass is 16.5. The van der Waals surface area contributed by atoms with Gasteiger partial charge in [0.1, 0.15) is 23.6 Å². The molecule has 0 aliphatic carbocycles. The molecule has 3 aromatic rings. The summed E-state index contributed by atoms with van der Waals surface area (Å²) in [5.41, 5.74) is 2.85. The first-order valence-electron chi connectivity index (χ1n) is 6.58. The first-order valence-corrected chi connectivity index (χ1v) is 6.58. The van der Waals surface area contributed by atoms with Crippen LogP contribution >= 0.6 is 0 Å². The molecular formula is C16H15N3O2. The Labute approximate surface area is 122 Å². The Balaban J connectivity index is 2.09. The molecule has 5 heteroatoms. The van der Waals surface area contributed by atoms with Crippen molar-refractivity contribution >= 4 is 16.7 Å². The van der Waals surface area contributed by atoms with Crippen molar-refractivity contribution in [2.24, 2.45) is 0 Å². The fourth-order valence-electron chi connectivity index (χ4n) is 2.22. The van der Waals surface area contributed by atoms with Crippen LogP contribution in [-0.4, -0.2) is 27.2 Å². The minimum Gasteiger partial charge on any atom is -0.502 e. The molecular weight excluding hydrogens is 266 g/mol. The summed E-state index contributed by atoms with van der Waals surface area (Å²) in [4.78, 5) is 0. The largest absolute Gasteiger partial charge is 0.502 e. The molecule has 3 rings (SSSR count). The monoisotopic (exact) mass is 281 g/mol. The van der Waals surface area contributed by atoms with Gasteiger partial charge in [0.25, 0.3) is 0 Å². The van der Waals surface area contributed by atoms with E-state index in [1.807, 2.05) is 54.6 Å². The van der Waals surface area contributed by atoms with Gasteiger partial charge < -0.3 is 9.84 Å². The van der Waals surface area contributed by atoms with Crippen LogP contribution in [-0.2, 0) is 4.74 Å². The number of nitrogens with zero attached hydrogens (tertiary/aromatic N) is 3. The molecule has 5 nitrogen and oxygen atoms in total. The lowest BCUT2D eigenvalue weighted by Crippen LogP contribution is -2.09. The van der Waals surface area contributed by atoms with Crippen molar-refractivity contribution in [3.8, 4) is 0 Å². The van der Waals surface area contributed by atoms with E-state index in [-0.39, 0.29) is 0 Å². The SMILES string of the molecule is COC=C(C(O)c1ccccc1)n1nnc2ccccc21. The number of fused-ring (bicyclic) bond motifs is 1. The molecule has 1 N–H and O–H groups in total. The molecule has 1 unspecified atom stereocenters. The summed E-state index contributed by atoms with van der Waals surface area (Å²) in [5, 5.41) is 18.8. The summed E-state index contributed by atoms with van der Waals surface area (Å²) < 4.78 is 6.70. The lowest BCUT2D eigenvalue weighted by Gasteiger charge is -2.15. The number of aliphatic hydroxyl groups is 1. The Hall–Kier alpha value is -2.66.